The van der Waals surface area contributed by atoms with Crippen molar-refractivity contribution in [3.8, 4) is 0 Å². The van der Waals surface area contributed by atoms with E-state index in [-0.39, 0.29) is 6.04 Å². The van der Waals surface area contributed by atoms with Crippen molar-refractivity contribution in [1.82, 2.24) is 15.2 Å². The van der Waals surface area contributed by atoms with Crippen molar-refractivity contribution < 1.29 is 0 Å². The number of nitrogens with zero attached hydrogens (tertiary/aromatic N) is 1. The van der Waals surface area contributed by atoms with Gasteiger partial charge in [-0.15, -0.1) is 0 Å². The number of rotatable bonds is 4. The largest absolute Gasteiger partial charge is 0.403 e. The van der Waals surface area contributed by atoms with E-state index in [1.165, 1.54) is 34.5 Å². The predicted octanol–water partition coefficient (Wildman–Crippen LogP) is 6.31. The molecule has 30 heavy (non-hydrogen) atoms. The first-order chi connectivity index (χ1) is 14.6. The number of allylic oxidation sites excluding steroid dienone is 1. The van der Waals surface area contributed by atoms with Crippen LogP contribution in [0.1, 0.15) is 81.4 Å². The van der Waals surface area contributed by atoms with E-state index in [0.717, 1.165) is 30.6 Å². The van der Waals surface area contributed by atoms with Crippen molar-refractivity contribution in [2.45, 2.75) is 66.5 Å². The van der Waals surface area contributed by atoms with Crippen LogP contribution in [0.2, 0.25) is 0 Å². The van der Waals surface area contributed by atoms with E-state index in [4.69, 9.17) is 5.73 Å². The monoisotopic (exact) mass is 406 g/mol. The molecule has 162 valence electrons. The highest BCUT2D eigenvalue weighted by Gasteiger charge is 2.29. The van der Waals surface area contributed by atoms with Crippen LogP contribution in [-0.2, 0) is 13.0 Å². The minimum atomic E-state index is 0.279. The molecule has 1 aromatic heterocycles. The maximum atomic E-state index is 6.09. The zero-order valence-electron chi connectivity index (χ0n) is 19.3. The molecule has 0 fully saturated rings. The number of nitrogens with one attached hydrogen (secondary N) is 2. The minimum Gasteiger partial charge on any atom is -0.403 e. The number of hydrogen-bond donors (Lipinski definition) is 3. The Labute approximate surface area is 182 Å². The number of H-pyrrole nitrogens is 1. The molecule has 0 amide bonds. The lowest BCUT2D eigenvalue weighted by atomic mass is 10.0. The molecule has 1 unspecified atom stereocenters. The van der Waals surface area contributed by atoms with Gasteiger partial charge in [0, 0.05) is 34.9 Å². The molecule has 2 aliphatic rings. The second kappa shape index (κ2) is 11.3. The molecule has 1 aliphatic carbocycles. The lowest BCUT2D eigenvalue weighted by Crippen LogP contribution is -2.22. The third kappa shape index (κ3) is 4.81. The second-order valence-electron chi connectivity index (χ2n) is 7.38. The SMILES string of the molecule is C=CN(/C(=C\N)c1c[nH]c2c1C=C(C)NC2)C1CCc2ccccc21.CC.CCC. The van der Waals surface area contributed by atoms with E-state index in [0.29, 0.717) is 0 Å². The van der Waals surface area contributed by atoms with Gasteiger partial charge in [-0.05, 0) is 43.2 Å². The Hall–Kier alpha value is -2.88. The molecule has 0 radical (unpaired) electrons. The van der Waals surface area contributed by atoms with Gasteiger partial charge < -0.3 is 20.9 Å². The molecule has 2 heterocycles. The normalized spacial score (nSPS) is 16.5. The van der Waals surface area contributed by atoms with Crippen molar-refractivity contribution in [1.29, 1.82) is 0 Å². The second-order valence-corrected chi connectivity index (χ2v) is 7.38. The van der Waals surface area contributed by atoms with Crippen molar-refractivity contribution >= 4 is 11.8 Å². The van der Waals surface area contributed by atoms with E-state index in [1.54, 1.807) is 6.20 Å². The summed E-state index contributed by atoms with van der Waals surface area (Å²) in [5.74, 6) is 0. The van der Waals surface area contributed by atoms with Crippen LogP contribution in [0.4, 0.5) is 0 Å². The molecule has 4 N–H and O–H groups in total. The van der Waals surface area contributed by atoms with Gasteiger partial charge in [-0.2, -0.15) is 0 Å². The van der Waals surface area contributed by atoms with Crippen LogP contribution in [0.5, 0.6) is 0 Å². The Morgan fingerprint density at radius 1 is 1.27 bits per heavy atom. The Morgan fingerprint density at radius 2 is 1.97 bits per heavy atom. The maximum Gasteiger partial charge on any atom is 0.0664 e. The van der Waals surface area contributed by atoms with Crippen LogP contribution in [0.25, 0.3) is 11.8 Å². The van der Waals surface area contributed by atoms with Gasteiger partial charge >= 0.3 is 0 Å². The van der Waals surface area contributed by atoms with Crippen LogP contribution in [0.15, 0.2) is 55.1 Å². The summed E-state index contributed by atoms with van der Waals surface area (Å²) in [5, 5.41) is 3.37. The zero-order valence-corrected chi connectivity index (χ0v) is 19.3. The predicted molar refractivity (Wildman–Crippen MR) is 130 cm³/mol. The van der Waals surface area contributed by atoms with E-state index >= 15 is 0 Å². The van der Waals surface area contributed by atoms with Crippen molar-refractivity contribution in [2.24, 2.45) is 5.73 Å². The third-order valence-corrected chi connectivity index (χ3v) is 5.26. The molecule has 4 heteroatoms. The van der Waals surface area contributed by atoms with E-state index in [2.05, 4.69) is 79.1 Å². The van der Waals surface area contributed by atoms with Gasteiger partial charge in [0.05, 0.1) is 18.3 Å². The van der Waals surface area contributed by atoms with E-state index in [9.17, 15) is 0 Å². The van der Waals surface area contributed by atoms with E-state index in [1.807, 2.05) is 20.0 Å². The highest BCUT2D eigenvalue weighted by atomic mass is 15.2. The summed E-state index contributed by atoms with van der Waals surface area (Å²) in [6, 6.07) is 8.94. The van der Waals surface area contributed by atoms with Crippen LogP contribution >= 0.6 is 0 Å². The average Bonchev–Trinajstić information content (AvgIpc) is 3.38. The summed E-state index contributed by atoms with van der Waals surface area (Å²) >= 11 is 0. The van der Waals surface area contributed by atoms with Crippen LogP contribution in [0, 0.1) is 0 Å². The Kier molecular flexibility index (Phi) is 8.85. The summed E-state index contributed by atoms with van der Waals surface area (Å²) in [4.78, 5) is 5.61. The van der Waals surface area contributed by atoms with Crippen LogP contribution in [-0.4, -0.2) is 9.88 Å². The quantitative estimate of drug-likeness (QED) is 0.557. The number of benzene rings is 1. The number of aromatic amines is 1. The molecular formula is C26H38N4. The molecule has 0 spiro atoms. The van der Waals surface area contributed by atoms with Gasteiger partial charge in [-0.25, -0.2) is 0 Å². The fourth-order valence-electron chi connectivity index (χ4n) is 4.03. The third-order valence-electron chi connectivity index (χ3n) is 5.26. The van der Waals surface area contributed by atoms with Gasteiger partial charge in [0.25, 0.3) is 0 Å². The maximum absolute atomic E-state index is 6.09. The van der Waals surface area contributed by atoms with Gasteiger partial charge in [0.2, 0.25) is 0 Å². The topological polar surface area (TPSA) is 57.1 Å². The highest BCUT2D eigenvalue weighted by Crippen LogP contribution is 2.41. The smallest absolute Gasteiger partial charge is 0.0664 e. The Morgan fingerprint density at radius 3 is 2.63 bits per heavy atom. The molecule has 1 aromatic carbocycles. The van der Waals surface area contributed by atoms with Gasteiger partial charge in [-0.3, -0.25) is 0 Å². The lowest BCUT2D eigenvalue weighted by Gasteiger charge is -2.30. The Balaban J connectivity index is 0.000000590. The lowest BCUT2D eigenvalue weighted by molar-refractivity contribution is 0.391. The summed E-state index contributed by atoms with van der Waals surface area (Å²) in [5.41, 5.74) is 14.6. The summed E-state index contributed by atoms with van der Waals surface area (Å²) in [6.45, 7) is 15.2. The molecule has 0 saturated carbocycles. The number of fused-ring (bicyclic) bond motifs is 2. The first kappa shape index (κ1) is 23.4. The molecule has 4 nitrogen and oxygen atoms in total. The molecular weight excluding hydrogens is 368 g/mol. The van der Waals surface area contributed by atoms with E-state index < -0.39 is 0 Å². The van der Waals surface area contributed by atoms with Crippen molar-refractivity contribution in [2.75, 3.05) is 0 Å². The standard InChI is InChI=1S/C21H24N4.C3H8.C2H6/c1-3-25(20-9-8-15-6-4-5-7-16(15)20)21(11-22)18-12-24-19-13-23-14(2)10-17(18)19;1-3-2;1-2/h3-7,10-12,20,23-24H,1,8-9,13,22H2,2H3;3H2,1-2H3;1-2H3/b21-11-;;. The van der Waals surface area contributed by atoms with Crippen molar-refractivity contribution in [3.63, 3.8) is 0 Å². The molecule has 0 bridgehead atoms. The Bertz CT molecular complexity index is 888. The van der Waals surface area contributed by atoms with Gasteiger partial charge in [0.1, 0.15) is 0 Å². The van der Waals surface area contributed by atoms with Crippen LogP contribution in [0.3, 0.4) is 0 Å². The molecule has 4 rings (SSSR count). The molecule has 0 saturated heterocycles. The number of nitrogens with two attached hydrogens (primary N) is 1. The zero-order chi connectivity index (χ0) is 22.1. The summed E-state index contributed by atoms with van der Waals surface area (Å²) < 4.78 is 0. The summed E-state index contributed by atoms with van der Waals surface area (Å²) in [7, 11) is 0. The minimum absolute atomic E-state index is 0.279. The first-order valence-electron chi connectivity index (χ1n) is 11.2. The van der Waals surface area contributed by atoms with Crippen LogP contribution < -0.4 is 11.1 Å². The highest BCUT2D eigenvalue weighted by molar-refractivity contribution is 5.76. The molecule has 1 aliphatic heterocycles. The van der Waals surface area contributed by atoms with Gasteiger partial charge in [0.15, 0.2) is 0 Å². The van der Waals surface area contributed by atoms with Gasteiger partial charge in [-0.1, -0.05) is 65.0 Å². The van der Waals surface area contributed by atoms with Crippen molar-refractivity contribution in [3.05, 3.63) is 83.1 Å². The average molecular weight is 407 g/mol. The fourth-order valence-corrected chi connectivity index (χ4v) is 4.03. The molecule has 2 aromatic rings. The fraction of sp³-hybridized carbons (Fsp3) is 0.385. The first-order valence-corrected chi connectivity index (χ1v) is 11.2. The molecule has 1 atom stereocenters. The number of hydrogen-bond acceptors (Lipinski definition) is 3. The number of aromatic nitrogens is 1. The number of aryl methyl sites for hydroxylation is 1. The summed E-state index contributed by atoms with van der Waals surface area (Å²) in [6.07, 6.45) is 11.3.